The monoisotopic (exact) mass is 740 g/mol. The fraction of sp³-hybridized carbons (Fsp3) is 0.286. The molecular formula is C42H36N4O9. The number of carbonyl (C=O) groups excluding carboxylic acids is 2. The second-order valence-electron chi connectivity index (χ2n) is 14.7. The van der Waals surface area contributed by atoms with Gasteiger partial charge in [-0.15, -0.1) is 0 Å². The average Bonchev–Trinajstić information content (AvgIpc) is 3.73. The number of aromatic hydroxyl groups is 2. The van der Waals surface area contributed by atoms with Gasteiger partial charge in [0.15, 0.2) is 11.4 Å². The molecule has 55 heavy (non-hydrogen) atoms. The second kappa shape index (κ2) is 11.9. The van der Waals surface area contributed by atoms with Gasteiger partial charge in [0, 0.05) is 50.6 Å². The highest BCUT2D eigenvalue weighted by atomic mass is 16.6. The van der Waals surface area contributed by atoms with Crippen molar-refractivity contribution in [3.8, 4) is 34.3 Å². The standard InChI is InChI=1S/C22H20N2O4.C20H16N2O5/c1-3-22(28)15-9-17-20-12(8-14-11(2)18(25)6-5-16(14)23-20)10-24(17)21(27)13(15)4-7-19(22)26;1-2-20(26)14-7-16-17-11(5-10-6-12(23)3-4-15(10)21-17)8-22(16)18(24)13(14)9-27-19(20)25/h5-6,8-9,25,28H,3-4,7,10H2,1-2H3;3-7,23,26H,2,8-9H2,1H3/t22-;20-/m00/s1. The van der Waals surface area contributed by atoms with Gasteiger partial charge in [0.25, 0.3) is 11.1 Å². The van der Waals surface area contributed by atoms with Gasteiger partial charge in [0.05, 0.1) is 52.5 Å². The van der Waals surface area contributed by atoms with Crippen LogP contribution in [0, 0.1) is 6.92 Å². The first-order valence-electron chi connectivity index (χ1n) is 18.2. The first-order valence-corrected chi connectivity index (χ1v) is 18.2. The van der Waals surface area contributed by atoms with Crippen LogP contribution in [0.5, 0.6) is 11.5 Å². The normalized spacial score (nSPS) is 20.2. The van der Waals surface area contributed by atoms with E-state index in [0.717, 1.165) is 33.0 Å². The number of nitrogens with zero attached hydrogens (tertiary/aromatic N) is 4. The summed E-state index contributed by atoms with van der Waals surface area (Å²) in [6, 6.07) is 15.6. The third-order valence-electron chi connectivity index (χ3n) is 11.8. The number of phenolic OH excluding ortho intramolecular Hbond substituents is 2. The number of cyclic esters (lactones) is 1. The van der Waals surface area contributed by atoms with Crippen LogP contribution in [-0.2, 0) is 51.6 Å². The molecule has 0 unspecified atom stereocenters. The zero-order valence-electron chi connectivity index (χ0n) is 30.3. The largest absolute Gasteiger partial charge is 0.508 e. The molecule has 0 saturated heterocycles. The molecule has 7 heterocycles. The van der Waals surface area contributed by atoms with Crippen LogP contribution in [0.3, 0.4) is 0 Å². The lowest BCUT2D eigenvalue weighted by molar-refractivity contribution is -0.172. The number of esters is 1. The molecule has 4 aromatic heterocycles. The van der Waals surface area contributed by atoms with Crippen LogP contribution in [0.2, 0.25) is 0 Å². The van der Waals surface area contributed by atoms with Crippen molar-refractivity contribution < 1.29 is 34.8 Å². The number of aromatic nitrogens is 4. The predicted molar refractivity (Wildman–Crippen MR) is 201 cm³/mol. The molecule has 0 bridgehead atoms. The molecule has 13 heteroatoms. The summed E-state index contributed by atoms with van der Waals surface area (Å²) in [6.07, 6.45) is 0.880. The van der Waals surface area contributed by atoms with Gasteiger partial charge in [-0.1, -0.05) is 13.8 Å². The molecule has 2 atom stereocenters. The first-order chi connectivity index (χ1) is 26.3. The van der Waals surface area contributed by atoms with E-state index in [-0.39, 0.29) is 54.3 Å². The van der Waals surface area contributed by atoms with E-state index in [1.54, 1.807) is 65.4 Å². The molecule has 0 radical (unpaired) electrons. The van der Waals surface area contributed by atoms with E-state index >= 15 is 0 Å². The molecule has 3 aliphatic heterocycles. The lowest BCUT2D eigenvalue weighted by Gasteiger charge is -2.32. The quantitative estimate of drug-likeness (QED) is 0.184. The number of Topliss-reactive ketones (excluding diaryl/α,β-unsaturated/α-hetero) is 1. The third-order valence-corrected chi connectivity index (χ3v) is 11.8. The van der Waals surface area contributed by atoms with Gasteiger partial charge in [-0.05, 0) is 80.8 Å². The lowest BCUT2D eigenvalue weighted by atomic mass is 9.77. The molecule has 2 aromatic carbocycles. The Morgan fingerprint density at radius 3 is 2.00 bits per heavy atom. The third kappa shape index (κ3) is 4.85. The van der Waals surface area contributed by atoms with Crippen molar-refractivity contribution in [1.29, 1.82) is 0 Å². The van der Waals surface area contributed by atoms with E-state index in [1.807, 2.05) is 19.1 Å². The van der Waals surface area contributed by atoms with Crippen molar-refractivity contribution in [1.82, 2.24) is 19.1 Å². The minimum absolute atomic E-state index is 0.110. The number of aliphatic hydroxyl groups is 2. The summed E-state index contributed by atoms with van der Waals surface area (Å²) in [6.45, 7) is 5.86. The summed E-state index contributed by atoms with van der Waals surface area (Å²) in [7, 11) is 0. The Bertz CT molecular complexity index is 2860. The molecule has 278 valence electrons. The maximum absolute atomic E-state index is 13.2. The van der Waals surface area contributed by atoms with Crippen molar-refractivity contribution >= 4 is 33.6 Å². The van der Waals surface area contributed by atoms with Crippen LogP contribution in [0.15, 0.2) is 64.2 Å². The topological polar surface area (TPSA) is 194 Å². The minimum Gasteiger partial charge on any atom is -0.508 e. The molecular weight excluding hydrogens is 704 g/mol. The van der Waals surface area contributed by atoms with Gasteiger partial charge in [-0.2, -0.15) is 0 Å². The molecule has 13 nitrogen and oxygen atoms in total. The molecule has 4 N–H and O–H groups in total. The highest BCUT2D eigenvalue weighted by molar-refractivity contribution is 5.92. The van der Waals surface area contributed by atoms with Gasteiger partial charge >= 0.3 is 5.97 Å². The number of carbonyl (C=O) groups is 2. The fourth-order valence-corrected chi connectivity index (χ4v) is 8.54. The highest BCUT2D eigenvalue weighted by Crippen LogP contribution is 2.41. The number of fused-ring (bicyclic) bond motifs is 10. The number of ketones is 1. The number of phenols is 2. The van der Waals surface area contributed by atoms with Crippen molar-refractivity contribution in [3.05, 3.63) is 114 Å². The Morgan fingerprint density at radius 2 is 1.33 bits per heavy atom. The van der Waals surface area contributed by atoms with Gasteiger partial charge in [0.2, 0.25) is 0 Å². The lowest BCUT2D eigenvalue weighted by Crippen LogP contribution is -2.44. The Balaban J connectivity index is 0.000000144. The van der Waals surface area contributed by atoms with Crippen LogP contribution in [0.1, 0.15) is 72.1 Å². The number of benzene rings is 2. The predicted octanol–water partition coefficient (Wildman–Crippen LogP) is 4.34. The molecule has 0 saturated carbocycles. The van der Waals surface area contributed by atoms with E-state index in [4.69, 9.17) is 9.72 Å². The zero-order chi connectivity index (χ0) is 38.7. The van der Waals surface area contributed by atoms with Crippen LogP contribution in [0.25, 0.3) is 44.6 Å². The molecule has 10 rings (SSSR count). The van der Waals surface area contributed by atoms with E-state index in [2.05, 4.69) is 4.98 Å². The second-order valence-corrected chi connectivity index (χ2v) is 14.7. The minimum atomic E-state index is -1.83. The Morgan fingerprint density at radius 1 is 0.727 bits per heavy atom. The van der Waals surface area contributed by atoms with Gasteiger partial charge in [-0.25, -0.2) is 14.8 Å². The summed E-state index contributed by atoms with van der Waals surface area (Å²) in [4.78, 5) is 60.2. The van der Waals surface area contributed by atoms with Crippen molar-refractivity contribution in [2.24, 2.45) is 0 Å². The van der Waals surface area contributed by atoms with Crippen LogP contribution in [-0.4, -0.2) is 51.3 Å². The summed E-state index contributed by atoms with van der Waals surface area (Å²) in [5, 5.41) is 43.2. The van der Waals surface area contributed by atoms with Crippen LogP contribution < -0.4 is 11.1 Å². The number of hydrogen-bond donors (Lipinski definition) is 4. The Kier molecular flexibility index (Phi) is 7.49. The smallest absolute Gasteiger partial charge is 0.343 e. The summed E-state index contributed by atoms with van der Waals surface area (Å²) < 4.78 is 8.32. The van der Waals surface area contributed by atoms with Crippen molar-refractivity contribution in [3.63, 3.8) is 0 Å². The van der Waals surface area contributed by atoms with Crippen molar-refractivity contribution in [2.75, 3.05) is 0 Å². The van der Waals surface area contributed by atoms with Crippen LogP contribution in [0.4, 0.5) is 0 Å². The number of ether oxygens (including phenoxy) is 1. The zero-order valence-corrected chi connectivity index (χ0v) is 30.3. The maximum Gasteiger partial charge on any atom is 0.343 e. The van der Waals surface area contributed by atoms with Gasteiger partial charge in [0.1, 0.15) is 23.7 Å². The molecule has 1 aliphatic carbocycles. The molecule has 6 aromatic rings. The molecule has 4 aliphatic rings. The van der Waals surface area contributed by atoms with E-state index in [0.29, 0.717) is 70.1 Å². The molecule has 0 fully saturated rings. The van der Waals surface area contributed by atoms with Crippen LogP contribution >= 0.6 is 0 Å². The van der Waals surface area contributed by atoms with E-state index < -0.39 is 17.2 Å². The summed E-state index contributed by atoms with van der Waals surface area (Å²) in [5.41, 5.74) is 4.14. The average molecular weight is 741 g/mol. The number of rotatable bonds is 2. The SMILES string of the molecule is CC[C@@]1(O)C(=O)CCc2c1cc1n(c2=O)Cc2cc3c(C)c(O)ccc3nc2-1.CC[C@@]1(O)C(=O)OCc2c1cc1n(c2=O)Cc2cc3cc(O)ccc3nc2-1. The summed E-state index contributed by atoms with van der Waals surface area (Å²) >= 11 is 0. The van der Waals surface area contributed by atoms with Gasteiger partial charge < -0.3 is 34.3 Å². The van der Waals surface area contributed by atoms with E-state index in [1.165, 1.54) is 0 Å². The number of pyridine rings is 4. The maximum atomic E-state index is 13.2. The first kappa shape index (κ1) is 34.6. The number of aryl methyl sites for hydroxylation is 1. The van der Waals surface area contributed by atoms with E-state index in [9.17, 15) is 39.6 Å². The summed E-state index contributed by atoms with van der Waals surface area (Å²) in [5.74, 6) is -0.607. The number of hydrogen-bond acceptors (Lipinski definition) is 11. The van der Waals surface area contributed by atoms with Crippen molar-refractivity contribution in [2.45, 2.75) is 77.4 Å². The highest BCUT2D eigenvalue weighted by Gasteiger charge is 2.46. The Hall–Kier alpha value is -6.18. The molecule has 0 amide bonds. The fourth-order valence-electron chi connectivity index (χ4n) is 8.54. The Labute approximate surface area is 312 Å². The van der Waals surface area contributed by atoms with Gasteiger partial charge in [-0.3, -0.25) is 14.4 Å². The molecule has 0 spiro atoms.